The van der Waals surface area contributed by atoms with Crippen LogP contribution in [0.15, 0.2) is 138 Å². The molecule has 4 N–H and O–H groups in total. The van der Waals surface area contributed by atoms with Crippen LogP contribution in [0, 0.1) is 6.92 Å². The minimum atomic E-state index is -1.09. The maximum absolute atomic E-state index is 13.6. The van der Waals surface area contributed by atoms with Crippen LogP contribution in [0.2, 0.25) is 5.02 Å². The summed E-state index contributed by atoms with van der Waals surface area (Å²) in [5.74, 6) is -2.42. The number of anilines is 2. The molecule has 0 radical (unpaired) electrons. The van der Waals surface area contributed by atoms with Crippen molar-refractivity contribution in [3.8, 4) is 0 Å². The van der Waals surface area contributed by atoms with Crippen LogP contribution in [-0.2, 0) is 9.59 Å². The van der Waals surface area contributed by atoms with Crippen LogP contribution in [0.1, 0.15) is 42.7 Å². The monoisotopic (exact) mass is 675 g/mol. The largest absolute Gasteiger partial charge is 0.478 e. The first-order chi connectivity index (χ1) is 23.2. The topological polar surface area (TPSA) is 125 Å². The number of carboxylic acids is 1. The van der Waals surface area contributed by atoms with Crippen LogP contribution in [0.25, 0.3) is 6.08 Å². The molecule has 0 heterocycles. The number of carboxylic acid groups (broad SMARTS) is 1. The summed E-state index contributed by atoms with van der Waals surface area (Å²) >= 11 is 7.65. The first-order valence-electron chi connectivity index (χ1n) is 14.8. The molecule has 5 aromatic rings. The zero-order valence-corrected chi connectivity index (χ0v) is 27.2. The van der Waals surface area contributed by atoms with Gasteiger partial charge in [0.25, 0.3) is 11.8 Å². The molecule has 0 fully saturated rings. The lowest BCUT2D eigenvalue weighted by atomic mass is 10.1. The van der Waals surface area contributed by atoms with Gasteiger partial charge in [-0.25, -0.2) is 4.79 Å². The number of carbonyl (C=O) groups excluding carboxylic acids is 3. The van der Waals surface area contributed by atoms with Gasteiger partial charge in [0, 0.05) is 26.9 Å². The zero-order chi connectivity index (χ0) is 34.0. The Morgan fingerprint density at radius 3 is 2.06 bits per heavy atom. The number of nitrogens with one attached hydrogen (secondary N) is 3. The average molecular weight is 676 g/mol. The number of rotatable bonds is 11. The van der Waals surface area contributed by atoms with Crippen molar-refractivity contribution in [1.29, 1.82) is 0 Å². The lowest BCUT2D eigenvalue weighted by molar-refractivity contribution is -0.116. The van der Waals surface area contributed by atoms with E-state index in [-0.39, 0.29) is 17.2 Å². The number of aryl methyl sites for hydroxylation is 1. The van der Waals surface area contributed by atoms with Crippen molar-refractivity contribution in [2.75, 3.05) is 10.6 Å². The third-order valence-corrected chi connectivity index (χ3v) is 8.79. The smallest absolute Gasteiger partial charge is 0.335 e. The van der Waals surface area contributed by atoms with Crippen LogP contribution in [0.5, 0.6) is 0 Å². The molecule has 0 saturated carbocycles. The van der Waals surface area contributed by atoms with Gasteiger partial charge in [-0.1, -0.05) is 84.4 Å². The second-order valence-electron chi connectivity index (χ2n) is 10.6. The van der Waals surface area contributed by atoms with E-state index < -0.39 is 23.0 Å². The Morgan fingerprint density at radius 1 is 0.750 bits per heavy atom. The van der Waals surface area contributed by atoms with Gasteiger partial charge in [-0.05, 0) is 84.3 Å². The minimum Gasteiger partial charge on any atom is -0.478 e. The number of amides is 3. The maximum Gasteiger partial charge on any atom is 0.335 e. The molecule has 5 rings (SSSR count). The van der Waals surface area contributed by atoms with E-state index in [1.54, 1.807) is 91.9 Å². The predicted octanol–water partition coefficient (Wildman–Crippen LogP) is 8.23. The third kappa shape index (κ3) is 8.79. The summed E-state index contributed by atoms with van der Waals surface area (Å²) < 4.78 is 0. The highest BCUT2D eigenvalue weighted by atomic mass is 35.5. The number of carbonyl (C=O) groups is 4. The summed E-state index contributed by atoms with van der Waals surface area (Å²) in [5.41, 5.74) is 3.38. The van der Waals surface area contributed by atoms with Gasteiger partial charge >= 0.3 is 5.97 Å². The Morgan fingerprint density at radius 2 is 1.40 bits per heavy atom. The summed E-state index contributed by atoms with van der Waals surface area (Å²) in [7, 11) is 0. The van der Waals surface area contributed by atoms with Crippen molar-refractivity contribution in [2.45, 2.75) is 17.1 Å². The van der Waals surface area contributed by atoms with Crippen molar-refractivity contribution in [3.05, 3.63) is 166 Å². The molecule has 0 aliphatic heterocycles. The number of benzene rings is 5. The van der Waals surface area contributed by atoms with E-state index in [1.807, 2.05) is 30.3 Å². The molecule has 3 amide bonds. The van der Waals surface area contributed by atoms with E-state index in [1.165, 1.54) is 30.0 Å². The number of hydrogen-bond donors (Lipinski definition) is 4. The first-order valence-corrected chi connectivity index (χ1v) is 16.0. The van der Waals surface area contributed by atoms with E-state index >= 15 is 0 Å². The molecule has 8 nitrogen and oxygen atoms in total. The van der Waals surface area contributed by atoms with Gasteiger partial charge in [0.05, 0.1) is 5.56 Å². The first kappa shape index (κ1) is 33.7. The molecule has 1 atom stereocenters. The standard InChI is InChI=1S/C38H30ClN3O5S/c1-24-16-17-28(38(46)47)23-32(24)41-37(45)34(25-10-4-2-5-11-25)48-30-20-18-29(19-21-30)40-36(44)33(22-27-14-8-9-15-31(27)39)42-35(43)26-12-6-3-7-13-26/h2-23,34H,1H3,(H,40,44)(H,41,45)(H,42,43)(H,46,47)/b33-22-. The highest BCUT2D eigenvalue weighted by Gasteiger charge is 2.23. The Kier molecular flexibility index (Phi) is 11.1. The van der Waals surface area contributed by atoms with Crippen molar-refractivity contribution in [2.24, 2.45) is 0 Å². The molecule has 0 spiro atoms. The summed E-state index contributed by atoms with van der Waals surface area (Å²) in [5, 5.41) is 17.6. The van der Waals surface area contributed by atoms with E-state index in [2.05, 4.69) is 16.0 Å². The molecule has 0 aromatic heterocycles. The van der Waals surface area contributed by atoms with E-state index in [4.69, 9.17) is 11.6 Å². The van der Waals surface area contributed by atoms with Crippen molar-refractivity contribution in [3.63, 3.8) is 0 Å². The number of aromatic carboxylic acids is 1. The lowest BCUT2D eigenvalue weighted by Gasteiger charge is -2.18. The van der Waals surface area contributed by atoms with Crippen molar-refractivity contribution < 1.29 is 24.3 Å². The molecule has 0 bridgehead atoms. The zero-order valence-electron chi connectivity index (χ0n) is 25.6. The van der Waals surface area contributed by atoms with Gasteiger partial charge in [0.2, 0.25) is 5.91 Å². The van der Waals surface area contributed by atoms with Gasteiger partial charge < -0.3 is 21.1 Å². The van der Waals surface area contributed by atoms with Crippen molar-refractivity contribution in [1.82, 2.24) is 5.32 Å². The molecular formula is C38H30ClN3O5S. The van der Waals surface area contributed by atoms with E-state index in [9.17, 15) is 24.3 Å². The SMILES string of the molecule is Cc1ccc(C(=O)O)cc1NC(=O)C(Sc1ccc(NC(=O)/C(=C/c2ccccc2Cl)NC(=O)c2ccccc2)cc1)c1ccccc1. The van der Waals surface area contributed by atoms with Crippen LogP contribution >= 0.6 is 23.4 Å². The summed E-state index contributed by atoms with van der Waals surface area (Å²) in [6.07, 6.45) is 1.51. The Hall–Kier alpha value is -5.64. The molecule has 0 saturated heterocycles. The maximum atomic E-state index is 13.6. The lowest BCUT2D eigenvalue weighted by Crippen LogP contribution is -2.30. The van der Waals surface area contributed by atoms with Crippen LogP contribution in [0.4, 0.5) is 11.4 Å². The van der Waals surface area contributed by atoms with Gasteiger partial charge in [0.1, 0.15) is 10.9 Å². The van der Waals surface area contributed by atoms with Crippen LogP contribution in [-0.4, -0.2) is 28.8 Å². The predicted molar refractivity (Wildman–Crippen MR) is 190 cm³/mol. The van der Waals surface area contributed by atoms with E-state index in [0.29, 0.717) is 27.5 Å². The number of hydrogen-bond acceptors (Lipinski definition) is 5. The number of thioether (sulfide) groups is 1. The van der Waals surface area contributed by atoms with Gasteiger partial charge in [-0.3, -0.25) is 14.4 Å². The summed E-state index contributed by atoms with van der Waals surface area (Å²) in [6.45, 7) is 1.79. The number of halogens is 1. The second kappa shape index (κ2) is 15.8. The molecule has 48 heavy (non-hydrogen) atoms. The van der Waals surface area contributed by atoms with Gasteiger partial charge in [-0.2, -0.15) is 0 Å². The highest BCUT2D eigenvalue weighted by molar-refractivity contribution is 8.00. The molecular weight excluding hydrogens is 646 g/mol. The molecule has 10 heteroatoms. The molecule has 240 valence electrons. The van der Waals surface area contributed by atoms with Gasteiger partial charge in [-0.15, -0.1) is 11.8 Å². The minimum absolute atomic E-state index is 0.00141. The second-order valence-corrected chi connectivity index (χ2v) is 12.2. The average Bonchev–Trinajstić information content (AvgIpc) is 3.10. The fourth-order valence-corrected chi connectivity index (χ4v) is 5.85. The molecule has 1 unspecified atom stereocenters. The Balaban J connectivity index is 1.34. The fourth-order valence-electron chi connectivity index (χ4n) is 4.63. The van der Waals surface area contributed by atoms with Crippen molar-refractivity contribution >= 4 is 64.5 Å². The highest BCUT2D eigenvalue weighted by Crippen LogP contribution is 2.37. The Labute approximate surface area is 286 Å². The summed E-state index contributed by atoms with van der Waals surface area (Å²) in [4.78, 5) is 52.3. The molecule has 0 aliphatic rings. The molecule has 5 aromatic carbocycles. The third-order valence-electron chi connectivity index (χ3n) is 7.18. The van der Waals surface area contributed by atoms with Crippen LogP contribution < -0.4 is 16.0 Å². The Bertz CT molecular complexity index is 1980. The van der Waals surface area contributed by atoms with E-state index in [0.717, 1.165) is 16.0 Å². The summed E-state index contributed by atoms with van der Waals surface area (Å²) in [6, 6.07) is 36.3. The van der Waals surface area contributed by atoms with Gasteiger partial charge in [0.15, 0.2) is 0 Å². The normalized spacial score (nSPS) is 11.7. The van der Waals surface area contributed by atoms with Crippen LogP contribution in [0.3, 0.4) is 0 Å². The molecule has 0 aliphatic carbocycles. The fraction of sp³-hybridized carbons (Fsp3) is 0.0526. The quantitative estimate of drug-likeness (QED) is 0.0826.